The van der Waals surface area contributed by atoms with E-state index in [1.807, 2.05) is 6.92 Å². The molecule has 3 nitrogen and oxygen atoms in total. The van der Waals surface area contributed by atoms with Crippen molar-refractivity contribution in [2.24, 2.45) is 0 Å². The lowest BCUT2D eigenvalue weighted by molar-refractivity contribution is -0.115. The summed E-state index contributed by atoms with van der Waals surface area (Å²) in [5, 5.41) is 3.09. The molecule has 1 aromatic heterocycles. The van der Waals surface area contributed by atoms with Crippen LogP contribution < -0.4 is 5.32 Å². The number of hydrogen-bond acceptors (Lipinski definition) is 3. The van der Waals surface area contributed by atoms with Crippen LogP contribution in [0, 0.1) is 5.82 Å². The molecule has 0 radical (unpaired) electrons. The largest absolute Gasteiger partial charge is 0.301 e. The Morgan fingerprint density at radius 2 is 2.41 bits per heavy atom. The van der Waals surface area contributed by atoms with Crippen molar-refractivity contribution in [3.8, 4) is 0 Å². The number of thiazole rings is 1. The number of fused-ring (bicyclic) bond motifs is 1. The lowest BCUT2D eigenvalue weighted by atomic mass is 10.3. The van der Waals surface area contributed by atoms with Crippen molar-refractivity contribution in [2.45, 2.75) is 18.2 Å². The van der Waals surface area contributed by atoms with Gasteiger partial charge in [0.1, 0.15) is 11.3 Å². The molecular formula is C11H10BrFN2OS. The number of rotatable bonds is 3. The molecule has 0 saturated carbocycles. The van der Waals surface area contributed by atoms with Gasteiger partial charge in [-0.2, -0.15) is 0 Å². The van der Waals surface area contributed by atoms with E-state index in [4.69, 9.17) is 0 Å². The molecule has 6 heteroatoms. The van der Waals surface area contributed by atoms with Crippen LogP contribution in [0.5, 0.6) is 0 Å². The predicted octanol–water partition coefficient (Wildman–Crippen LogP) is 3.55. The monoisotopic (exact) mass is 316 g/mol. The Morgan fingerprint density at radius 3 is 3.06 bits per heavy atom. The zero-order chi connectivity index (χ0) is 12.4. The molecule has 0 aliphatic rings. The highest BCUT2D eigenvalue weighted by Gasteiger charge is 2.15. The summed E-state index contributed by atoms with van der Waals surface area (Å²) < 4.78 is 14.1. The van der Waals surface area contributed by atoms with Gasteiger partial charge < -0.3 is 5.32 Å². The smallest absolute Gasteiger partial charge is 0.239 e. The van der Waals surface area contributed by atoms with E-state index in [9.17, 15) is 9.18 Å². The number of carbonyl (C=O) groups excluding carboxylic acids is 1. The van der Waals surface area contributed by atoms with Crippen molar-refractivity contribution < 1.29 is 9.18 Å². The third-order valence-electron chi connectivity index (χ3n) is 2.24. The molecule has 17 heavy (non-hydrogen) atoms. The Bertz CT molecular complexity index is 557. The van der Waals surface area contributed by atoms with Crippen LogP contribution in [0.4, 0.5) is 9.52 Å². The summed E-state index contributed by atoms with van der Waals surface area (Å²) in [7, 11) is 0. The number of hydrogen-bond donors (Lipinski definition) is 1. The van der Waals surface area contributed by atoms with Crippen molar-refractivity contribution >= 4 is 48.5 Å². The average molecular weight is 317 g/mol. The van der Waals surface area contributed by atoms with Gasteiger partial charge in [-0.25, -0.2) is 9.37 Å². The van der Waals surface area contributed by atoms with Crippen LogP contribution in [0.1, 0.15) is 13.3 Å². The molecule has 1 N–H and O–H groups in total. The highest BCUT2D eigenvalue weighted by atomic mass is 79.9. The van der Waals surface area contributed by atoms with E-state index in [-0.39, 0.29) is 16.6 Å². The molecule has 1 heterocycles. The van der Waals surface area contributed by atoms with Crippen LogP contribution in [0.3, 0.4) is 0 Å². The van der Waals surface area contributed by atoms with Gasteiger partial charge in [0.2, 0.25) is 5.91 Å². The summed E-state index contributed by atoms with van der Waals surface area (Å²) in [6, 6.07) is 4.75. The standard InChI is InChI=1S/C11H10BrFN2OS/c1-2-6(12)10(16)15-11-14-9-7(13)4-3-5-8(9)17-11/h3-6H,2H2,1H3,(H,14,15,16)/t6-/m1/s1. The second kappa shape index (κ2) is 5.10. The molecule has 2 aromatic rings. The minimum absolute atomic E-state index is 0.160. The molecule has 1 aromatic carbocycles. The van der Waals surface area contributed by atoms with Gasteiger partial charge in [-0.1, -0.05) is 40.3 Å². The first-order valence-electron chi connectivity index (χ1n) is 5.11. The number of amides is 1. The SMILES string of the molecule is CC[C@@H](Br)C(=O)Nc1nc2c(F)cccc2s1. The molecule has 0 aliphatic heterocycles. The van der Waals surface area contributed by atoms with E-state index in [0.717, 1.165) is 4.70 Å². The van der Waals surface area contributed by atoms with Crippen LogP contribution in [0.25, 0.3) is 10.2 Å². The topological polar surface area (TPSA) is 42.0 Å². The Morgan fingerprint density at radius 1 is 1.65 bits per heavy atom. The van der Waals surface area contributed by atoms with Crippen LogP contribution in [-0.2, 0) is 4.79 Å². The van der Waals surface area contributed by atoms with Gasteiger partial charge in [-0.05, 0) is 18.6 Å². The van der Waals surface area contributed by atoms with Crippen molar-refractivity contribution in [2.75, 3.05) is 5.32 Å². The highest BCUT2D eigenvalue weighted by molar-refractivity contribution is 9.10. The second-order valence-corrected chi connectivity index (χ2v) is 5.61. The number of aromatic nitrogens is 1. The minimum atomic E-state index is -0.370. The lowest BCUT2D eigenvalue weighted by Crippen LogP contribution is -2.21. The van der Waals surface area contributed by atoms with E-state index >= 15 is 0 Å². The van der Waals surface area contributed by atoms with Crippen molar-refractivity contribution in [1.82, 2.24) is 4.98 Å². The predicted molar refractivity (Wildman–Crippen MR) is 71.2 cm³/mol. The van der Waals surface area contributed by atoms with Gasteiger partial charge in [0.05, 0.1) is 9.53 Å². The molecular weight excluding hydrogens is 307 g/mol. The maximum Gasteiger partial charge on any atom is 0.239 e. The molecule has 0 spiro atoms. The number of alkyl halides is 1. The average Bonchev–Trinajstić information content (AvgIpc) is 2.72. The van der Waals surface area contributed by atoms with Crippen LogP contribution in [0.2, 0.25) is 0 Å². The van der Waals surface area contributed by atoms with Gasteiger partial charge in [0, 0.05) is 0 Å². The molecule has 90 valence electrons. The number of nitrogens with zero attached hydrogens (tertiary/aromatic N) is 1. The van der Waals surface area contributed by atoms with Gasteiger partial charge in [0.25, 0.3) is 0 Å². The number of nitrogens with one attached hydrogen (secondary N) is 1. The quantitative estimate of drug-likeness (QED) is 0.880. The number of para-hydroxylation sites is 1. The van der Waals surface area contributed by atoms with E-state index in [0.29, 0.717) is 17.1 Å². The summed E-state index contributed by atoms with van der Waals surface area (Å²) >= 11 is 4.51. The van der Waals surface area contributed by atoms with Gasteiger partial charge >= 0.3 is 0 Å². The van der Waals surface area contributed by atoms with E-state index in [1.165, 1.54) is 17.4 Å². The second-order valence-electron chi connectivity index (χ2n) is 3.47. The maximum absolute atomic E-state index is 13.4. The maximum atomic E-state index is 13.4. The van der Waals surface area contributed by atoms with Gasteiger partial charge in [-0.3, -0.25) is 4.79 Å². The Labute approximate surface area is 110 Å². The summed E-state index contributed by atoms with van der Waals surface area (Å²) in [5.74, 6) is -0.530. The zero-order valence-corrected chi connectivity index (χ0v) is 11.4. The first kappa shape index (κ1) is 12.4. The van der Waals surface area contributed by atoms with Crippen LogP contribution in [-0.4, -0.2) is 15.7 Å². The molecule has 0 bridgehead atoms. The third kappa shape index (κ3) is 2.63. The molecule has 2 rings (SSSR count). The first-order valence-corrected chi connectivity index (χ1v) is 6.85. The number of benzene rings is 1. The summed E-state index contributed by atoms with van der Waals surface area (Å²) in [4.78, 5) is 15.4. The van der Waals surface area contributed by atoms with Crippen LogP contribution >= 0.6 is 27.3 Å². The Balaban J connectivity index is 2.26. The van der Waals surface area contributed by atoms with Crippen molar-refractivity contribution in [3.05, 3.63) is 24.0 Å². The molecule has 0 aliphatic carbocycles. The fourth-order valence-electron chi connectivity index (χ4n) is 1.34. The fourth-order valence-corrected chi connectivity index (χ4v) is 2.34. The van der Waals surface area contributed by atoms with Gasteiger partial charge in [-0.15, -0.1) is 0 Å². The number of carbonyl (C=O) groups is 1. The molecule has 0 fully saturated rings. The molecule has 0 unspecified atom stereocenters. The van der Waals surface area contributed by atoms with E-state index < -0.39 is 0 Å². The van der Waals surface area contributed by atoms with E-state index in [1.54, 1.807) is 12.1 Å². The Hall–Kier alpha value is -1.01. The number of halogens is 2. The van der Waals surface area contributed by atoms with Crippen LogP contribution in [0.15, 0.2) is 18.2 Å². The fraction of sp³-hybridized carbons (Fsp3) is 0.273. The minimum Gasteiger partial charge on any atom is -0.301 e. The van der Waals surface area contributed by atoms with Gasteiger partial charge in [0.15, 0.2) is 5.13 Å². The summed E-state index contributed by atoms with van der Waals surface area (Å²) in [6.07, 6.45) is 0.686. The number of anilines is 1. The van der Waals surface area contributed by atoms with Crippen molar-refractivity contribution in [1.29, 1.82) is 0 Å². The molecule has 1 amide bonds. The summed E-state index contributed by atoms with van der Waals surface area (Å²) in [6.45, 7) is 1.90. The van der Waals surface area contributed by atoms with E-state index in [2.05, 4.69) is 26.2 Å². The Kier molecular flexibility index (Phi) is 3.73. The first-order chi connectivity index (χ1) is 8.11. The molecule has 0 saturated heterocycles. The normalized spacial score (nSPS) is 12.6. The summed E-state index contributed by atoms with van der Waals surface area (Å²) in [5.41, 5.74) is 0.301. The highest BCUT2D eigenvalue weighted by Crippen LogP contribution is 2.27. The van der Waals surface area contributed by atoms with Crippen molar-refractivity contribution in [3.63, 3.8) is 0 Å². The molecule has 1 atom stereocenters. The zero-order valence-electron chi connectivity index (χ0n) is 9.04. The third-order valence-corrected chi connectivity index (χ3v) is 4.24. The lowest BCUT2D eigenvalue weighted by Gasteiger charge is -2.04.